The summed E-state index contributed by atoms with van der Waals surface area (Å²) in [4.78, 5) is 94.0. The minimum Gasteiger partial charge on any atom is -0.383 e. The Morgan fingerprint density at radius 2 is 0.682 bits per heavy atom. The average molecular weight is 1720 g/mol. The first-order valence-electron chi connectivity index (χ1n) is 42.6. The van der Waals surface area contributed by atoms with E-state index < -0.39 is 22.2 Å². The predicted octanol–water partition coefficient (Wildman–Crippen LogP) is 16.1. The second kappa shape index (κ2) is 38.1. The van der Waals surface area contributed by atoms with E-state index in [9.17, 15) is 19.2 Å². The number of Topliss-reactive ketones (excluding diaryl/α,β-unsaturated/α-hetero) is 1. The van der Waals surface area contributed by atoms with E-state index in [0.717, 1.165) is 79.9 Å². The number of nitrogens with one attached hydrogen (secondary N) is 3. The summed E-state index contributed by atoms with van der Waals surface area (Å²) < 4.78 is 9.15. The molecule has 0 spiro atoms. The number of carbonyl (C=O) groups is 4. The van der Waals surface area contributed by atoms with Crippen LogP contribution in [0.2, 0.25) is 0 Å². The second-order valence-corrected chi connectivity index (χ2v) is 34.4. The number of anilines is 4. The number of nitrogens with zero attached hydrogens (tertiary/aromatic N) is 19. The molecule has 10 aromatic heterocycles. The minimum atomic E-state index is -0.610. The molecule has 0 aliphatic heterocycles. The molecule has 0 aliphatic rings. The maximum Gasteiger partial charge on any atom is 0.253 e. The van der Waals surface area contributed by atoms with Crippen LogP contribution >= 0.6 is 0 Å². The van der Waals surface area contributed by atoms with Crippen molar-refractivity contribution < 1.29 is 19.2 Å². The zero-order valence-electron chi connectivity index (χ0n) is 74.9. The number of para-hydroxylation sites is 1. The number of aryl methyl sites for hydroxylation is 6. The Bertz CT molecular complexity index is 6660. The smallest absolute Gasteiger partial charge is 0.253 e. The lowest BCUT2D eigenvalue weighted by Gasteiger charge is -2.26. The van der Waals surface area contributed by atoms with E-state index in [4.69, 9.17) is 43.3 Å². The number of amides is 3. The standard InChI is InChI=1S/C26H26N8O.2C25H28N6O.C23H24N6O/c1-17-8-10-18(11-9-17)22-21-23(27)30-15-31-24(21)34(32-22)26(2,3)14-29-25(35)19-6-4-5-7-20(19)33-13-12-28-16-33;2*1-5-17-8-12-19(13-9-17)24(32)27-14-25(3,4)31-23-20(22(26)28-15-29-23)21(30-31)18-10-6-16(2)7-11-18;1-15-7-9-16(10-8-15)20-19-21(24)26-14-27-22(19)29(28-20)23(2,3)12-11-18(30)17-6-4-5-13-25-17/h4-13,15-16H,14H2,1-3H3,(H,29,35)(H2,27,30,31);2*6-13,15H,5,14H2,1-4H3,(H,27,32)(H2,26,28,29);4-10,13-14H,11-12H2,1-3H3,(H2,24,26,27). The SMILES string of the molecule is CCc1ccc(C(=O)NCC(C)(C)n2nc(-c3ccc(C)cc3)c3c(N)ncnc32)cc1.CCc1ccc(C(=O)NCC(C)(C)n2nc(-c3ccc(C)cc3)c3c(N)ncnc32)cc1.Cc1ccc(-c2nn(C(C)(C)CCC(=O)c3ccccn3)c3ncnc(N)c23)cc1.Cc1ccc(-c2nn(C(C)(C)CNC(=O)c3ccccc3-n3ccnc3)c3ncnc(N)c23)cc1. The first-order valence-corrected chi connectivity index (χ1v) is 42.6. The first-order chi connectivity index (χ1) is 61.8. The highest BCUT2D eigenvalue weighted by Crippen LogP contribution is 2.39. The van der Waals surface area contributed by atoms with Gasteiger partial charge in [-0.15, -0.1) is 0 Å². The van der Waals surface area contributed by atoms with Crippen molar-refractivity contribution in [2.75, 3.05) is 42.6 Å². The summed E-state index contributed by atoms with van der Waals surface area (Å²) >= 11 is 0. The first kappa shape index (κ1) is 89.7. The summed E-state index contributed by atoms with van der Waals surface area (Å²) in [6.07, 6.45) is 15.4. The number of hydrogen-bond donors (Lipinski definition) is 7. The Morgan fingerprint density at radius 3 is 1.00 bits per heavy atom. The summed E-state index contributed by atoms with van der Waals surface area (Å²) in [5.41, 5.74) is 42.1. The molecule has 30 heteroatoms. The van der Waals surface area contributed by atoms with Crippen LogP contribution in [0, 0.1) is 27.7 Å². The van der Waals surface area contributed by atoms with Gasteiger partial charge in [-0.3, -0.25) is 24.2 Å². The van der Waals surface area contributed by atoms with Crippen molar-refractivity contribution in [3.05, 3.63) is 294 Å². The Hall–Kier alpha value is -15.6. The third-order valence-corrected chi connectivity index (χ3v) is 22.7. The quantitative estimate of drug-likeness (QED) is 0.0276. The summed E-state index contributed by atoms with van der Waals surface area (Å²) in [7, 11) is 0. The molecule has 0 unspecified atom stereocenters. The number of nitrogens with two attached hydrogens (primary N) is 4. The van der Waals surface area contributed by atoms with E-state index in [1.807, 2.05) is 282 Å². The molecule has 30 nitrogen and oxygen atoms in total. The van der Waals surface area contributed by atoms with Crippen molar-refractivity contribution >= 4 is 90.9 Å². The molecule has 7 aromatic carbocycles. The topological polar surface area (TPSA) is 414 Å². The maximum atomic E-state index is 13.2. The number of benzene rings is 7. The molecule has 0 saturated heterocycles. The molecule has 0 radical (unpaired) electrons. The molecule has 0 atom stereocenters. The number of rotatable bonds is 24. The van der Waals surface area contributed by atoms with Crippen molar-refractivity contribution in [2.45, 2.75) is 145 Å². The van der Waals surface area contributed by atoms with E-state index >= 15 is 0 Å². The molecule has 129 heavy (non-hydrogen) atoms. The van der Waals surface area contributed by atoms with E-state index in [-0.39, 0.29) is 23.5 Å². The fraction of sp³-hybridized carbons (Fsp3) is 0.253. The fourth-order valence-corrected chi connectivity index (χ4v) is 14.9. The zero-order valence-corrected chi connectivity index (χ0v) is 74.9. The Balaban J connectivity index is 0.000000139. The number of ketones is 1. The summed E-state index contributed by atoms with van der Waals surface area (Å²) in [6, 6.07) is 60.5. The molecule has 3 amide bonds. The highest BCUT2D eigenvalue weighted by atomic mass is 16.2. The predicted molar refractivity (Wildman–Crippen MR) is 507 cm³/mol. The van der Waals surface area contributed by atoms with Crippen LogP contribution in [0.4, 0.5) is 23.3 Å². The van der Waals surface area contributed by atoms with Gasteiger partial charge in [0.05, 0.1) is 61.3 Å². The van der Waals surface area contributed by atoms with E-state index in [0.29, 0.717) is 123 Å². The van der Waals surface area contributed by atoms with Crippen LogP contribution in [0.3, 0.4) is 0 Å². The number of pyridine rings is 1. The van der Waals surface area contributed by atoms with Crippen molar-refractivity contribution in [2.24, 2.45) is 0 Å². The highest BCUT2D eigenvalue weighted by molar-refractivity contribution is 6.03. The van der Waals surface area contributed by atoms with Gasteiger partial charge in [0, 0.05) is 78.0 Å². The normalized spacial score (nSPS) is 11.6. The van der Waals surface area contributed by atoms with Gasteiger partial charge in [-0.05, 0) is 162 Å². The number of aromatic nitrogens is 19. The zero-order chi connectivity index (χ0) is 91.6. The molecule has 0 saturated carbocycles. The third-order valence-electron chi connectivity index (χ3n) is 22.7. The van der Waals surface area contributed by atoms with Crippen molar-refractivity contribution in [3.8, 4) is 50.7 Å². The van der Waals surface area contributed by atoms with Gasteiger partial charge in [-0.1, -0.05) is 176 Å². The lowest BCUT2D eigenvalue weighted by Crippen LogP contribution is -2.41. The maximum absolute atomic E-state index is 13.2. The molecule has 17 rings (SSSR count). The van der Waals surface area contributed by atoms with Gasteiger partial charge in [0.2, 0.25) is 0 Å². The van der Waals surface area contributed by atoms with Crippen LogP contribution in [0.25, 0.3) is 94.9 Å². The number of carbonyl (C=O) groups excluding carboxylic acids is 4. The van der Waals surface area contributed by atoms with Gasteiger partial charge in [0.15, 0.2) is 28.4 Å². The Kier molecular flexibility index (Phi) is 26.5. The van der Waals surface area contributed by atoms with E-state index in [1.165, 1.54) is 42.0 Å². The van der Waals surface area contributed by atoms with Gasteiger partial charge in [-0.2, -0.15) is 20.4 Å². The van der Waals surface area contributed by atoms with Crippen LogP contribution in [-0.2, 0) is 35.0 Å². The summed E-state index contributed by atoms with van der Waals surface area (Å²) in [6.45, 7) is 29.5. The molecule has 0 bridgehead atoms. The third kappa shape index (κ3) is 19.9. The van der Waals surface area contributed by atoms with Crippen molar-refractivity contribution in [3.63, 3.8) is 0 Å². The molecular formula is C99H106N26O4. The number of fused-ring (bicyclic) bond motifs is 4. The van der Waals surface area contributed by atoms with Gasteiger partial charge >= 0.3 is 0 Å². The number of nitrogen functional groups attached to an aromatic ring is 4. The Labute approximate surface area is 747 Å². The van der Waals surface area contributed by atoms with Crippen molar-refractivity contribution in [1.82, 2.24) is 109 Å². The van der Waals surface area contributed by atoms with Crippen LogP contribution < -0.4 is 38.9 Å². The van der Waals surface area contributed by atoms with E-state index in [2.05, 4.69) is 79.6 Å². The van der Waals surface area contributed by atoms with Gasteiger partial charge in [0.1, 0.15) is 77.1 Å². The molecule has 656 valence electrons. The molecular weight excluding hydrogens is 1620 g/mol. The van der Waals surface area contributed by atoms with E-state index in [1.54, 1.807) is 36.9 Å². The van der Waals surface area contributed by atoms with Crippen LogP contribution in [0.15, 0.2) is 238 Å². The van der Waals surface area contributed by atoms with Crippen LogP contribution in [-0.4, -0.2) is 137 Å². The van der Waals surface area contributed by atoms with Gasteiger partial charge in [-0.25, -0.2) is 63.6 Å². The largest absolute Gasteiger partial charge is 0.383 e. The highest BCUT2D eigenvalue weighted by Gasteiger charge is 2.34. The summed E-state index contributed by atoms with van der Waals surface area (Å²) in [5.74, 6) is 1.10. The average Bonchev–Trinajstić information content (AvgIpc) is 1.62. The molecule has 0 aliphatic carbocycles. The van der Waals surface area contributed by atoms with Crippen LogP contribution in [0.1, 0.15) is 157 Å². The monoisotopic (exact) mass is 1720 g/mol. The fourth-order valence-electron chi connectivity index (χ4n) is 14.9. The minimum absolute atomic E-state index is 0.00744. The summed E-state index contributed by atoms with van der Waals surface area (Å²) in [5, 5.41) is 31.5. The van der Waals surface area contributed by atoms with Crippen LogP contribution in [0.5, 0.6) is 0 Å². The van der Waals surface area contributed by atoms with Crippen molar-refractivity contribution in [1.29, 1.82) is 0 Å². The molecule has 11 N–H and O–H groups in total. The number of hydrogen-bond acceptors (Lipinski definition) is 22. The lowest BCUT2D eigenvalue weighted by molar-refractivity contribution is 0.0929. The molecule has 0 fully saturated rings. The molecule has 10 heterocycles. The number of imidazole rings is 1. The second-order valence-electron chi connectivity index (χ2n) is 34.4. The van der Waals surface area contributed by atoms with Gasteiger partial charge in [0.25, 0.3) is 17.7 Å². The van der Waals surface area contributed by atoms with Gasteiger partial charge < -0.3 is 43.5 Å². The Morgan fingerprint density at radius 1 is 0.357 bits per heavy atom. The molecule has 17 aromatic rings. The lowest BCUT2D eigenvalue weighted by atomic mass is 9.96.